The third kappa shape index (κ3) is 3.18. The number of ether oxygens (including phenoxy) is 1. The number of carbonyl (C=O) groups is 1. The fourth-order valence-corrected chi connectivity index (χ4v) is 11.1. The second kappa shape index (κ2) is 8.27. The Labute approximate surface area is 218 Å². The number of nitrogens with zero attached hydrogens (tertiary/aromatic N) is 1. The lowest BCUT2D eigenvalue weighted by Crippen LogP contribution is -2.35. The summed E-state index contributed by atoms with van der Waals surface area (Å²) in [5.41, 5.74) is 10.5. The largest absolute Gasteiger partial charge is 0.478 e. The normalized spacial score (nSPS) is 20.8. The Hall–Kier alpha value is -2.97. The maximum atomic E-state index is 12.5. The predicted molar refractivity (Wildman–Crippen MR) is 150 cm³/mol. The highest BCUT2D eigenvalue weighted by Crippen LogP contribution is 2.50. The van der Waals surface area contributed by atoms with E-state index < -0.39 is 13.5 Å². The smallest absolute Gasteiger partial charge is 0.336 e. The summed E-state index contributed by atoms with van der Waals surface area (Å²) >= 11 is 0. The van der Waals surface area contributed by atoms with Crippen molar-refractivity contribution in [2.75, 3.05) is 30.3 Å². The van der Waals surface area contributed by atoms with Crippen molar-refractivity contribution < 1.29 is 14.6 Å². The van der Waals surface area contributed by atoms with Gasteiger partial charge in [0.05, 0.1) is 5.56 Å². The van der Waals surface area contributed by atoms with Gasteiger partial charge in [0.15, 0.2) is 0 Å². The first-order valence-electron chi connectivity index (χ1n) is 14.0. The van der Waals surface area contributed by atoms with Gasteiger partial charge in [-0.15, -0.1) is 7.55 Å². The van der Waals surface area contributed by atoms with Crippen LogP contribution in [-0.4, -0.2) is 36.5 Å². The Bertz CT molecular complexity index is 1650. The molecule has 0 saturated carbocycles. The van der Waals surface area contributed by atoms with Gasteiger partial charge in [-0.1, -0.05) is 18.2 Å². The number of fused-ring (bicyclic) bond motifs is 4. The number of hydrogen-bond donors (Lipinski definition) is 1. The van der Waals surface area contributed by atoms with E-state index >= 15 is 0 Å². The van der Waals surface area contributed by atoms with E-state index in [4.69, 9.17) is 4.74 Å². The van der Waals surface area contributed by atoms with Gasteiger partial charge >= 0.3 is 5.97 Å². The first-order valence-corrected chi connectivity index (χ1v) is 16.0. The molecule has 1 unspecified atom stereocenters. The van der Waals surface area contributed by atoms with Crippen LogP contribution in [0, 0.1) is 4.94 Å². The summed E-state index contributed by atoms with van der Waals surface area (Å²) < 4.78 is 7.09. The van der Waals surface area contributed by atoms with E-state index in [-0.39, 0.29) is 0 Å². The summed E-state index contributed by atoms with van der Waals surface area (Å²) in [6.45, 7) is 2.25. The van der Waals surface area contributed by atoms with Gasteiger partial charge in [-0.2, -0.15) is 0 Å². The van der Waals surface area contributed by atoms with Crippen LogP contribution in [-0.2, 0) is 25.7 Å². The van der Waals surface area contributed by atoms with Gasteiger partial charge in [0.2, 0.25) is 0 Å². The summed E-state index contributed by atoms with van der Waals surface area (Å²) in [6.07, 6.45) is 11.9. The van der Waals surface area contributed by atoms with Crippen molar-refractivity contribution in [1.82, 2.24) is 0 Å². The molecule has 0 radical (unpaired) electrons. The minimum atomic E-state index is -0.868. The van der Waals surface area contributed by atoms with E-state index in [0.717, 1.165) is 78.6 Å². The molecule has 5 aliphatic rings. The minimum absolute atomic E-state index is 0.375. The standard InChI is InChI=1S/C32H32NO3P/c34-32(35)22-10-2-1-9-21(22)27-25-17-19-7-3-13-33-14-4-11-23(28(19)33)29(25)36-30-24-12-6-16-37-15-5-8-20(31(24)37)18-26(27)30/h1-2,9-10,17-18,37H,3-8,11-16H2,(H,34,35). The lowest BCUT2D eigenvalue weighted by molar-refractivity contribution is 0.0696. The van der Waals surface area contributed by atoms with E-state index in [1.54, 1.807) is 11.0 Å². The fraction of sp³-hybridized carbons (Fsp3) is 0.375. The first kappa shape index (κ1) is 22.1. The number of hydrogen-bond acceptors (Lipinski definition) is 3. The zero-order valence-corrected chi connectivity index (χ0v) is 22.2. The van der Waals surface area contributed by atoms with Gasteiger partial charge in [0.1, 0.15) is 11.5 Å². The second-order valence-corrected chi connectivity index (χ2v) is 14.0. The molecular weight excluding hydrogens is 477 g/mol. The van der Waals surface area contributed by atoms with Gasteiger partial charge in [-0.25, -0.2) is 4.79 Å². The van der Waals surface area contributed by atoms with Gasteiger partial charge in [0.25, 0.3) is 0 Å². The molecule has 0 aliphatic carbocycles. The van der Waals surface area contributed by atoms with Crippen LogP contribution in [0.3, 0.4) is 0 Å². The molecular formula is C32H32NO3P. The highest BCUT2D eigenvalue weighted by molar-refractivity contribution is 7.49. The highest BCUT2D eigenvalue weighted by Gasteiger charge is 2.34. The molecule has 5 heterocycles. The molecule has 0 spiro atoms. The van der Waals surface area contributed by atoms with Crippen LogP contribution in [0.5, 0.6) is 11.5 Å². The molecule has 3 aromatic carbocycles. The highest BCUT2D eigenvalue weighted by atomic mass is 31.1. The van der Waals surface area contributed by atoms with Crippen molar-refractivity contribution in [3.63, 3.8) is 0 Å². The molecule has 0 fully saturated rings. The van der Waals surface area contributed by atoms with Crippen molar-refractivity contribution in [3.8, 4) is 11.5 Å². The average Bonchev–Trinajstić information content (AvgIpc) is 2.93. The number of carboxylic acids is 1. The lowest BCUT2D eigenvalue weighted by atomic mass is 9.82. The molecule has 5 heteroatoms. The van der Waals surface area contributed by atoms with Crippen molar-refractivity contribution in [2.45, 2.75) is 51.4 Å². The van der Waals surface area contributed by atoms with E-state index in [1.165, 1.54) is 59.5 Å². The Kier molecular flexibility index (Phi) is 4.93. The molecule has 0 saturated heterocycles. The quantitative estimate of drug-likeness (QED) is 0.348. The monoisotopic (exact) mass is 509 g/mol. The number of rotatable bonds is 2. The van der Waals surface area contributed by atoms with E-state index in [1.807, 2.05) is 18.2 Å². The molecule has 0 aromatic heterocycles. The molecule has 3 aromatic rings. The zero-order chi connectivity index (χ0) is 24.7. The Morgan fingerprint density at radius 1 is 0.838 bits per heavy atom. The molecule has 188 valence electrons. The van der Waals surface area contributed by atoms with Gasteiger partial charge in [0, 0.05) is 46.3 Å². The first-order chi connectivity index (χ1) is 18.2. The van der Waals surface area contributed by atoms with Crippen LogP contribution in [0.15, 0.2) is 36.4 Å². The summed E-state index contributed by atoms with van der Waals surface area (Å²) in [5, 5.41) is 11.3. The van der Waals surface area contributed by atoms with E-state index in [9.17, 15) is 9.90 Å². The van der Waals surface area contributed by atoms with Crippen LogP contribution < -0.4 is 14.9 Å². The zero-order valence-electron chi connectivity index (χ0n) is 21.2. The Morgan fingerprint density at radius 2 is 1.59 bits per heavy atom. The van der Waals surface area contributed by atoms with E-state index in [2.05, 4.69) is 17.0 Å². The molecule has 5 aliphatic heterocycles. The number of aromatic carboxylic acids is 1. The maximum absolute atomic E-state index is 12.5. The molecule has 4 nitrogen and oxygen atoms in total. The molecule has 1 N–H and O–H groups in total. The van der Waals surface area contributed by atoms with E-state index in [0.29, 0.717) is 5.56 Å². The van der Waals surface area contributed by atoms with Gasteiger partial charge in [-0.3, -0.25) is 0 Å². The Balaban J connectivity index is 1.54. The third-order valence-corrected chi connectivity index (χ3v) is 12.5. The van der Waals surface area contributed by atoms with Crippen molar-refractivity contribution >= 4 is 24.8 Å². The van der Waals surface area contributed by atoms with Crippen LogP contribution >= 0.6 is 7.55 Å². The second-order valence-electron chi connectivity index (χ2n) is 11.3. The molecule has 8 rings (SSSR count). The van der Waals surface area contributed by atoms with Crippen LogP contribution in [0.1, 0.15) is 69.4 Å². The number of aryl methyl sites for hydroxylation is 2. The minimum Gasteiger partial charge on any atom is -0.478 e. The lowest BCUT2D eigenvalue weighted by Gasteiger charge is -2.39. The predicted octanol–water partition coefficient (Wildman–Crippen LogP) is 5.79. The number of benzene rings is 3. The van der Waals surface area contributed by atoms with Crippen LogP contribution in [0.4, 0.5) is 5.69 Å². The SMILES string of the molecule is O=C(O)c1ccccc1C1=c2cc3c4c(c2Oc2c1cc1c5c2CCCN5CCC1)CCC[PH]=4CCC3. The van der Waals surface area contributed by atoms with Crippen molar-refractivity contribution in [2.24, 2.45) is 0 Å². The summed E-state index contributed by atoms with van der Waals surface area (Å²) in [5.74, 6) is 1.17. The number of carboxylic acid groups (broad SMARTS) is 1. The van der Waals surface area contributed by atoms with Crippen molar-refractivity contribution in [3.05, 3.63) is 85.5 Å². The Morgan fingerprint density at radius 3 is 2.46 bits per heavy atom. The third-order valence-electron chi connectivity index (χ3n) is 9.29. The number of anilines is 1. The van der Waals surface area contributed by atoms with Crippen LogP contribution in [0.2, 0.25) is 0 Å². The summed E-state index contributed by atoms with van der Waals surface area (Å²) in [6, 6.07) is 12.3. The molecule has 0 amide bonds. The van der Waals surface area contributed by atoms with Gasteiger partial charge < -0.3 is 14.7 Å². The maximum Gasteiger partial charge on any atom is 0.336 e. The summed E-state index contributed by atoms with van der Waals surface area (Å²) in [7, 11) is -0.518. The molecule has 0 bridgehead atoms. The van der Waals surface area contributed by atoms with Crippen molar-refractivity contribution in [1.29, 1.82) is 0 Å². The average molecular weight is 510 g/mol. The molecule has 1 atom stereocenters. The van der Waals surface area contributed by atoms with Crippen LogP contribution in [0.25, 0.3) is 5.57 Å². The van der Waals surface area contributed by atoms with Gasteiger partial charge in [-0.05, 0) is 104 Å². The fourth-order valence-electron chi connectivity index (χ4n) is 7.86. The molecule has 37 heavy (non-hydrogen) atoms. The topological polar surface area (TPSA) is 49.8 Å². The summed E-state index contributed by atoms with van der Waals surface area (Å²) in [4.78, 5) is 16.7.